The first-order valence-electron chi connectivity index (χ1n) is 7.41. The predicted molar refractivity (Wildman–Crippen MR) is 91.2 cm³/mol. The average Bonchev–Trinajstić information content (AvgIpc) is 2.90. The summed E-state index contributed by atoms with van der Waals surface area (Å²) in [6.45, 7) is 6.77. The number of aromatic nitrogens is 1. The summed E-state index contributed by atoms with van der Waals surface area (Å²) in [6.07, 6.45) is 0.750. The van der Waals surface area contributed by atoms with Gasteiger partial charge in [0.1, 0.15) is 12.4 Å². The van der Waals surface area contributed by atoms with Gasteiger partial charge in [0, 0.05) is 24.9 Å². The minimum absolute atomic E-state index is 0. The van der Waals surface area contributed by atoms with Crippen molar-refractivity contribution in [2.24, 2.45) is 0 Å². The molecule has 0 unspecified atom stereocenters. The van der Waals surface area contributed by atoms with Gasteiger partial charge in [0.05, 0.1) is 11.3 Å². The maximum atomic E-state index is 11.7. The number of aromatic amines is 1. The molecule has 1 N–H and O–H groups in total. The van der Waals surface area contributed by atoms with Crippen molar-refractivity contribution in [1.29, 1.82) is 0 Å². The second-order valence-electron chi connectivity index (χ2n) is 4.99. The highest BCUT2D eigenvalue weighted by atomic mass is 16.5. The number of fused-ring (bicyclic) bond motifs is 1. The van der Waals surface area contributed by atoms with Gasteiger partial charge in [-0.3, -0.25) is 9.59 Å². The Morgan fingerprint density at radius 1 is 1.32 bits per heavy atom. The Morgan fingerprint density at radius 3 is 2.55 bits per heavy atom. The van der Waals surface area contributed by atoms with Gasteiger partial charge >= 0.3 is 0 Å². The zero-order valence-corrected chi connectivity index (χ0v) is 13.9. The highest BCUT2D eigenvalue weighted by molar-refractivity contribution is 6.02. The van der Waals surface area contributed by atoms with E-state index in [-0.39, 0.29) is 7.21 Å². The molecule has 0 atom stereocenters. The molecule has 1 aromatic carbocycles. The van der Waals surface area contributed by atoms with E-state index in [9.17, 15) is 9.59 Å². The van der Waals surface area contributed by atoms with Crippen molar-refractivity contribution in [3.8, 4) is 5.75 Å². The van der Waals surface area contributed by atoms with E-state index < -0.39 is 0 Å². The van der Waals surface area contributed by atoms with E-state index >= 15 is 0 Å². The maximum Gasteiger partial charge on any atom is 0.166 e. The number of H-pyrrole nitrogens is 1. The molecule has 5 nitrogen and oxygen atoms in total. The summed E-state index contributed by atoms with van der Waals surface area (Å²) >= 11 is 0. The summed E-state index contributed by atoms with van der Waals surface area (Å²) in [7, 11) is 3.92. The molecule has 1 aromatic heterocycles. The highest BCUT2D eigenvalue weighted by Gasteiger charge is 2.12. The molecule has 5 heteroatoms. The second-order valence-corrected chi connectivity index (χ2v) is 4.99. The van der Waals surface area contributed by atoms with Crippen molar-refractivity contribution in [2.45, 2.75) is 20.8 Å². The van der Waals surface area contributed by atoms with E-state index in [1.807, 2.05) is 32.8 Å². The van der Waals surface area contributed by atoms with Gasteiger partial charge in [-0.2, -0.15) is 0 Å². The van der Waals surface area contributed by atoms with Gasteiger partial charge in [-0.15, -0.1) is 0 Å². The van der Waals surface area contributed by atoms with Crippen LogP contribution in [0.2, 0.25) is 0 Å². The number of Topliss-reactive ketones (excluding diaryl/α,β-unsaturated/α-hetero) is 1. The summed E-state index contributed by atoms with van der Waals surface area (Å²) in [4.78, 5) is 27.5. The second kappa shape index (κ2) is 8.34. The lowest BCUT2D eigenvalue weighted by Gasteiger charge is -2.13. The lowest BCUT2D eigenvalue weighted by atomic mass is 10.1. The van der Waals surface area contributed by atoms with Crippen LogP contribution in [0.3, 0.4) is 0 Å². The number of carbonyl (C=O) groups excluding carboxylic acids is 2. The Morgan fingerprint density at radius 2 is 2.00 bits per heavy atom. The van der Waals surface area contributed by atoms with Gasteiger partial charge in [0.25, 0.3) is 0 Å². The molecular formula is C17H26N2O3. The van der Waals surface area contributed by atoms with E-state index in [0.717, 1.165) is 23.7 Å². The number of aldehydes is 1. The van der Waals surface area contributed by atoms with Crippen molar-refractivity contribution >= 4 is 23.0 Å². The van der Waals surface area contributed by atoms with Gasteiger partial charge < -0.3 is 14.6 Å². The fourth-order valence-electron chi connectivity index (χ4n) is 1.98. The number of benzene rings is 1. The van der Waals surface area contributed by atoms with E-state index in [1.165, 1.54) is 6.92 Å². The van der Waals surface area contributed by atoms with Crippen LogP contribution in [0.25, 0.3) is 10.9 Å². The molecule has 0 aliphatic heterocycles. The van der Waals surface area contributed by atoms with Crippen LogP contribution in [0.15, 0.2) is 18.2 Å². The number of hydrogen-bond acceptors (Lipinski definition) is 4. The molecule has 0 fully saturated rings. The minimum atomic E-state index is -0.0550. The molecule has 0 radical (unpaired) electrons. The standard InChI is InChI=1S/C15H18N2O3.C2H6.H2/c1-10(19)13-7-11-6-12(9-18)16-14(11)8-15(13)20-5-4-17(2)3;1-2;/h6-9,16H,4-5H2,1-3H3;1-2H3;1H. The lowest BCUT2D eigenvalue weighted by Crippen LogP contribution is -2.20. The summed E-state index contributed by atoms with van der Waals surface area (Å²) in [5.41, 5.74) is 1.81. The molecule has 0 aliphatic rings. The van der Waals surface area contributed by atoms with Crippen molar-refractivity contribution in [3.63, 3.8) is 0 Å². The molecule has 0 amide bonds. The topological polar surface area (TPSA) is 62.4 Å². The number of carbonyl (C=O) groups is 2. The SMILES string of the molecule is CC.CC(=O)c1cc2cc(C=O)[nH]c2cc1OCCN(C)C.[HH]. The van der Waals surface area contributed by atoms with E-state index in [0.29, 0.717) is 23.6 Å². The number of hydrogen-bond donors (Lipinski definition) is 1. The Hall–Kier alpha value is -2.14. The predicted octanol–water partition coefficient (Wildman–Crippen LogP) is 3.40. The van der Waals surface area contributed by atoms with Crippen molar-refractivity contribution in [2.75, 3.05) is 27.2 Å². The molecule has 22 heavy (non-hydrogen) atoms. The van der Waals surface area contributed by atoms with Crippen molar-refractivity contribution < 1.29 is 15.8 Å². The van der Waals surface area contributed by atoms with Crippen molar-refractivity contribution in [1.82, 2.24) is 9.88 Å². The third kappa shape index (κ3) is 4.43. The van der Waals surface area contributed by atoms with Gasteiger partial charge in [0.2, 0.25) is 0 Å². The normalized spacial score (nSPS) is 10.3. The van der Waals surface area contributed by atoms with Crippen LogP contribution in [-0.2, 0) is 0 Å². The first-order valence-corrected chi connectivity index (χ1v) is 7.41. The van der Waals surface area contributed by atoms with E-state index in [2.05, 4.69) is 4.98 Å². The molecule has 2 rings (SSSR count). The Bertz CT molecular complexity index is 651. The van der Waals surface area contributed by atoms with Gasteiger partial charge in [-0.1, -0.05) is 13.8 Å². The summed E-state index contributed by atoms with van der Waals surface area (Å²) in [6, 6.07) is 5.25. The molecule has 2 aromatic rings. The number of ketones is 1. The van der Waals surface area contributed by atoms with Crippen LogP contribution >= 0.6 is 0 Å². The fraction of sp³-hybridized carbons (Fsp3) is 0.412. The van der Waals surface area contributed by atoms with Crippen LogP contribution in [0, 0.1) is 0 Å². The third-order valence-corrected chi connectivity index (χ3v) is 3.04. The number of rotatable bonds is 6. The lowest BCUT2D eigenvalue weighted by molar-refractivity contribution is 0.101. The zero-order valence-electron chi connectivity index (χ0n) is 13.9. The average molecular weight is 306 g/mol. The molecule has 0 saturated carbocycles. The summed E-state index contributed by atoms with van der Waals surface area (Å²) in [5, 5.41) is 0.831. The number of nitrogens with zero attached hydrogens (tertiary/aromatic N) is 1. The van der Waals surface area contributed by atoms with Gasteiger partial charge in [-0.25, -0.2) is 0 Å². The van der Waals surface area contributed by atoms with Gasteiger partial charge in [0.15, 0.2) is 12.1 Å². The van der Waals surface area contributed by atoms with Crippen molar-refractivity contribution in [3.05, 3.63) is 29.5 Å². The van der Waals surface area contributed by atoms with Crippen LogP contribution in [0.5, 0.6) is 5.75 Å². The van der Waals surface area contributed by atoms with Crippen LogP contribution in [0.4, 0.5) is 0 Å². The molecule has 0 spiro atoms. The minimum Gasteiger partial charge on any atom is -0.491 e. The Balaban J connectivity index is 0.00000155. The molecule has 0 bridgehead atoms. The molecular weight excluding hydrogens is 280 g/mol. The van der Waals surface area contributed by atoms with Gasteiger partial charge in [-0.05, 0) is 33.2 Å². The largest absolute Gasteiger partial charge is 0.491 e. The van der Waals surface area contributed by atoms with E-state index in [4.69, 9.17) is 4.74 Å². The van der Waals surface area contributed by atoms with Crippen LogP contribution in [0.1, 0.15) is 43.0 Å². The smallest absolute Gasteiger partial charge is 0.166 e. The first kappa shape index (κ1) is 17.9. The number of likely N-dealkylation sites (N-methyl/N-ethyl adjacent to an activating group) is 1. The highest BCUT2D eigenvalue weighted by Crippen LogP contribution is 2.26. The fourth-order valence-corrected chi connectivity index (χ4v) is 1.98. The summed E-state index contributed by atoms with van der Waals surface area (Å²) < 4.78 is 5.69. The third-order valence-electron chi connectivity index (χ3n) is 3.04. The summed E-state index contributed by atoms with van der Waals surface area (Å²) in [5.74, 6) is 0.492. The maximum absolute atomic E-state index is 11.7. The molecule has 1 heterocycles. The van der Waals surface area contributed by atoms with E-state index in [1.54, 1.807) is 18.2 Å². The Kier molecular flexibility index (Phi) is 6.79. The zero-order chi connectivity index (χ0) is 16.7. The number of ether oxygens (including phenoxy) is 1. The molecule has 122 valence electrons. The number of nitrogens with one attached hydrogen (secondary N) is 1. The quantitative estimate of drug-likeness (QED) is 0.656. The monoisotopic (exact) mass is 306 g/mol. The Labute approximate surface area is 132 Å². The van der Waals surface area contributed by atoms with Crippen LogP contribution in [-0.4, -0.2) is 49.2 Å². The molecule has 0 aliphatic carbocycles. The first-order chi connectivity index (χ1) is 10.5. The van der Waals surface area contributed by atoms with Crippen LogP contribution < -0.4 is 4.74 Å². The molecule has 0 saturated heterocycles.